The summed E-state index contributed by atoms with van der Waals surface area (Å²) in [6.07, 6.45) is -10.0. The molecular formula is C22H34ClF2N4O10PS. The number of alkyl halides is 2. The van der Waals surface area contributed by atoms with Gasteiger partial charge in [0.05, 0.1) is 31.7 Å². The van der Waals surface area contributed by atoms with Crippen LogP contribution in [0.2, 0.25) is 5.02 Å². The fourth-order valence-corrected chi connectivity index (χ4v) is 5.98. The molecule has 0 bridgehead atoms. The minimum Gasteiger partial charge on any atom is -0.463 e. The van der Waals surface area contributed by atoms with Gasteiger partial charge in [-0.05, 0) is 39.5 Å². The summed E-state index contributed by atoms with van der Waals surface area (Å²) in [5, 5.41) is 26.2. The quantitative estimate of drug-likeness (QED) is 0.131. The summed E-state index contributed by atoms with van der Waals surface area (Å²) in [6, 6.07) is 0. The summed E-state index contributed by atoms with van der Waals surface area (Å²) in [6.45, 7) is 1.80. The van der Waals surface area contributed by atoms with Crippen molar-refractivity contribution in [3.63, 3.8) is 0 Å². The zero-order valence-electron chi connectivity index (χ0n) is 22.7. The number of halogens is 3. The average molecular weight is 651 g/mol. The molecule has 1 aromatic rings. The molecule has 1 fully saturated rings. The van der Waals surface area contributed by atoms with Crippen molar-refractivity contribution >= 4 is 41.9 Å². The van der Waals surface area contributed by atoms with Crippen molar-refractivity contribution in [1.82, 2.24) is 19.7 Å². The Labute approximate surface area is 243 Å². The number of carbonyl (C=O) groups is 2. The Hall–Kier alpha value is -1.82. The first-order valence-electron chi connectivity index (χ1n) is 12.5. The summed E-state index contributed by atoms with van der Waals surface area (Å²) in [5.41, 5.74) is -5.00. The fraction of sp³-hybridized carbons (Fsp3) is 0.727. The molecule has 0 aromatic carbocycles. The molecule has 19 heteroatoms. The monoisotopic (exact) mass is 650 g/mol. The number of carbonyl (C=O) groups excluding carboxylic acids is 2. The lowest BCUT2D eigenvalue weighted by Gasteiger charge is -2.34. The number of aromatic amines is 1. The highest BCUT2D eigenvalue weighted by molar-refractivity contribution is 8.10. The van der Waals surface area contributed by atoms with Crippen molar-refractivity contribution in [2.24, 2.45) is 0 Å². The van der Waals surface area contributed by atoms with E-state index >= 15 is 0 Å². The van der Waals surface area contributed by atoms with Gasteiger partial charge in [0.15, 0.2) is 18.4 Å². The van der Waals surface area contributed by atoms with Crippen LogP contribution >= 0.6 is 18.2 Å². The summed E-state index contributed by atoms with van der Waals surface area (Å²) >= 11 is 11.2. The SMILES string of the molecule is CC(C)OC(=O)CCNP(=S)(NCCC(=O)OC(C)C)OC[C@@]1(C(F)F)O[C@@H](n2cc(Cl)c(=O)[nH]c2=O)[C@H](O)[C@@H]1O. The van der Waals surface area contributed by atoms with Gasteiger partial charge in [-0.2, -0.15) is 0 Å². The van der Waals surface area contributed by atoms with Crippen molar-refractivity contribution in [3.8, 4) is 0 Å². The van der Waals surface area contributed by atoms with E-state index in [2.05, 4.69) is 10.2 Å². The first-order valence-corrected chi connectivity index (χ1v) is 15.6. The third-order valence-corrected chi connectivity index (χ3v) is 8.66. The average Bonchev–Trinajstić information content (AvgIpc) is 3.10. The normalized spacial score (nSPS) is 23.0. The predicted molar refractivity (Wildman–Crippen MR) is 145 cm³/mol. The smallest absolute Gasteiger partial charge is 0.330 e. The lowest BCUT2D eigenvalue weighted by Crippen LogP contribution is -2.53. The Morgan fingerprint density at radius 3 is 2.12 bits per heavy atom. The van der Waals surface area contributed by atoms with E-state index in [1.165, 1.54) is 0 Å². The standard InChI is InChI=1S/C22H34ClF2N4O10PS/c1-11(2)37-14(30)5-7-26-40(41,27-8-6-15(31)38-12(3)4)36-10-22(20(24)25)17(33)16(32)19(39-22)29-9-13(23)18(34)28-21(29)35/h9,11-12,16-17,19-20,32-33H,5-8,10H2,1-4H3,(H2,26,27,41)(H,28,34,35)/t16-,17+,19-,22-/m1/s1. The Kier molecular flexibility index (Phi) is 13.0. The Morgan fingerprint density at radius 2 is 1.66 bits per heavy atom. The highest BCUT2D eigenvalue weighted by atomic mass is 35.5. The van der Waals surface area contributed by atoms with Crippen LogP contribution in [0.5, 0.6) is 0 Å². The van der Waals surface area contributed by atoms with Crippen LogP contribution in [0.4, 0.5) is 8.78 Å². The summed E-state index contributed by atoms with van der Waals surface area (Å²) in [7, 11) is 0. The van der Waals surface area contributed by atoms with Gasteiger partial charge in [0.2, 0.25) is 0 Å². The number of aliphatic hydroxyl groups excluding tert-OH is 2. The van der Waals surface area contributed by atoms with Crippen LogP contribution in [0.25, 0.3) is 0 Å². The number of nitrogens with one attached hydrogen (secondary N) is 3. The zero-order valence-corrected chi connectivity index (χ0v) is 25.1. The van der Waals surface area contributed by atoms with Gasteiger partial charge in [-0.3, -0.25) is 34.1 Å². The molecule has 4 atom stereocenters. The molecule has 0 unspecified atom stereocenters. The molecule has 5 N–H and O–H groups in total. The largest absolute Gasteiger partial charge is 0.463 e. The number of hydrogen-bond donors (Lipinski definition) is 5. The number of esters is 2. The molecule has 0 spiro atoms. The van der Waals surface area contributed by atoms with E-state index in [-0.39, 0.29) is 38.1 Å². The van der Waals surface area contributed by atoms with Gasteiger partial charge in [0, 0.05) is 19.3 Å². The van der Waals surface area contributed by atoms with Gasteiger partial charge in [-0.15, -0.1) is 0 Å². The molecule has 1 aromatic heterocycles. The van der Waals surface area contributed by atoms with Crippen LogP contribution in [-0.2, 0) is 40.1 Å². The number of ether oxygens (including phenoxy) is 3. The topological polar surface area (TPSA) is 190 Å². The number of aliphatic hydroxyl groups is 2. The van der Waals surface area contributed by atoms with E-state index in [0.29, 0.717) is 4.57 Å². The van der Waals surface area contributed by atoms with E-state index in [1.54, 1.807) is 27.7 Å². The van der Waals surface area contributed by atoms with Gasteiger partial charge >= 0.3 is 17.6 Å². The Bertz CT molecular complexity index is 1200. The third kappa shape index (κ3) is 9.59. The maximum atomic E-state index is 14.5. The molecule has 2 heterocycles. The van der Waals surface area contributed by atoms with Crippen LogP contribution in [-0.4, -0.2) is 87.8 Å². The van der Waals surface area contributed by atoms with E-state index in [4.69, 9.17) is 42.1 Å². The van der Waals surface area contributed by atoms with E-state index in [9.17, 15) is 38.2 Å². The van der Waals surface area contributed by atoms with Crippen LogP contribution in [0, 0.1) is 0 Å². The minimum absolute atomic E-state index is 0.103. The summed E-state index contributed by atoms with van der Waals surface area (Å²) in [4.78, 5) is 49.6. The first kappa shape index (κ1) is 35.4. The van der Waals surface area contributed by atoms with Crippen molar-refractivity contribution in [2.45, 2.75) is 83.2 Å². The van der Waals surface area contributed by atoms with Crippen molar-refractivity contribution in [2.75, 3.05) is 19.7 Å². The van der Waals surface area contributed by atoms with Crippen molar-refractivity contribution in [1.29, 1.82) is 0 Å². The second kappa shape index (κ2) is 15.1. The number of hydrogen-bond acceptors (Lipinski definition) is 11. The lowest BCUT2D eigenvalue weighted by molar-refractivity contribution is -0.191. The molecule has 1 aliphatic heterocycles. The molecular weight excluding hydrogens is 617 g/mol. The van der Waals surface area contributed by atoms with Crippen molar-refractivity contribution in [3.05, 3.63) is 32.1 Å². The maximum Gasteiger partial charge on any atom is 0.330 e. The first-order chi connectivity index (χ1) is 19.0. The van der Waals surface area contributed by atoms with Gasteiger partial charge < -0.3 is 28.9 Å². The number of rotatable bonds is 15. The molecule has 14 nitrogen and oxygen atoms in total. The van der Waals surface area contributed by atoms with Crippen LogP contribution in [0.15, 0.2) is 15.8 Å². The highest BCUT2D eigenvalue weighted by Crippen LogP contribution is 2.45. The van der Waals surface area contributed by atoms with E-state index in [0.717, 1.165) is 6.20 Å². The molecule has 0 aliphatic carbocycles. The lowest BCUT2D eigenvalue weighted by atomic mass is 9.96. The summed E-state index contributed by atoms with van der Waals surface area (Å²) in [5.74, 6) is -1.13. The van der Waals surface area contributed by atoms with Gasteiger partial charge in [-0.25, -0.2) is 13.6 Å². The predicted octanol–water partition coefficient (Wildman–Crippen LogP) is 0.548. The highest BCUT2D eigenvalue weighted by Gasteiger charge is 2.61. The Morgan fingerprint density at radius 1 is 1.15 bits per heavy atom. The van der Waals surface area contributed by atoms with Crippen LogP contribution < -0.4 is 21.4 Å². The van der Waals surface area contributed by atoms with Gasteiger partial charge in [0.1, 0.15) is 17.2 Å². The number of nitrogens with zero attached hydrogens (tertiary/aromatic N) is 1. The van der Waals surface area contributed by atoms with Gasteiger partial charge in [0.25, 0.3) is 12.0 Å². The zero-order chi connectivity index (χ0) is 31.1. The number of aromatic nitrogens is 2. The third-order valence-electron chi connectivity index (χ3n) is 5.53. The second-order valence-electron chi connectivity index (χ2n) is 9.56. The van der Waals surface area contributed by atoms with Gasteiger partial charge in [-0.1, -0.05) is 11.6 Å². The Balaban J connectivity index is 2.26. The van der Waals surface area contributed by atoms with E-state index < -0.39 is 71.8 Å². The molecule has 234 valence electrons. The number of H-pyrrole nitrogens is 1. The molecule has 2 rings (SSSR count). The molecule has 0 amide bonds. The fourth-order valence-electron chi connectivity index (χ4n) is 3.64. The van der Waals surface area contributed by atoms with E-state index in [1.807, 2.05) is 4.98 Å². The van der Waals surface area contributed by atoms with Crippen LogP contribution in [0.3, 0.4) is 0 Å². The molecule has 0 saturated carbocycles. The molecule has 41 heavy (non-hydrogen) atoms. The minimum atomic E-state index is -3.52. The second-order valence-corrected chi connectivity index (χ2v) is 13.5. The van der Waals surface area contributed by atoms with Crippen molar-refractivity contribution < 1.29 is 47.3 Å². The molecule has 0 radical (unpaired) electrons. The van der Waals surface area contributed by atoms with Crippen LogP contribution in [0.1, 0.15) is 46.8 Å². The molecule has 1 saturated heterocycles. The molecule has 1 aliphatic rings. The maximum absolute atomic E-state index is 14.5. The summed E-state index contributed by atoms with van der Waals surface area (Å²) < 4.78 is 50.5.